The third-order valence-electron chi connectivity index (χ3n) is 9.64. The Hall–Kier alpha value is -5.48. The molecule has 1 aromatic carbocycles. The molecular weight excluding hydrogens is 714 g/mol. The van der Waals surface area contributed by atoms with Gasteiger partial charge in [0.05, 0.1) is 0 Å². The number of carboxylic acid groups (broad SMARTS) is 2. The number of aromatic nitrogens is 1. The van der Waals surface area contributed by atoms with Gasteiger partial charge in [-0.1, -0.05) is 72.6 Å². The first-order valence-corrected chi connectivity index (χ1v) is 18.6. The van der Waals surface area contributed by atoms with Crippen molar-refractivity contribution in [3.8, 4) is 0 Å². The van der Waals surface area contributed by atoms with E-state index in [2.05, 4.69) is 36.9 Å². The number of fused-ring (bicyclic) bond motifs is 1. The number of hydrogen-bond acceptors (Lipinski definition) is 8. The van der Waals surface area contributed by atoms with E-state index in [1.54, 1.807) is 40.0 Å². The molecule has 17 heteroatoms. The van der Waals surface area contributed by atoms with Crippen LogP contribution in [0.4, 0.5) is 0 Å². The molecule has 17 nitrogen and oxygen atoms in total. The quantitative estimate of drug-likeness (QED) is 0.0830. The van der Waals surface area contributed by atoms with Crippen molar-refractivity contribution in [2.24, 2.45) is 17.8 Å². The van der Waals surface area contributed by atoms with E-state index < -0.39 is 102 Å². The zero-order valence-corrected chi connectivity index (χ0v) is 32.8. The van der Waals surface area contributed by atoms with E-state index in [9.17, 15) is 48.6 Å². The fourth-order valence-electron chi connectivity index (χ4n) is 5.82. The highest BCUT2D eigenvalue weighted by molar-refractivity contribution is 5.97. The van der Waals surface area contributed by atoms with Crippen molar-refractivity contribution in [3.63, 3.8) is 0 Å². The van der Waals surface area contributed by atoms with Crippen LogP contribution in [-0.4, -0.2) is 98.8 Å². The third-order valence-corrected chi connectivity index (χ3v) is 9.64. The Kier molecular flexibility index (Phi) is 17.8. The number of nitrogens with one attached hydrogen (secondary N) is 7. The normalized spacial score (nSPS) is 15.6. The van der Waals surface area contributed by atoms with Crippen LogP contribution < -0.4 is 31.9 Å². The molecule has 0 aliphatic heterocycles. The molecule has 0 fully saturated rings. The van der Waals surface area contributed by atoms with Crippen LogP contribution in [0.25, 0.3) is 10.9 Å². The Morgan fingerprint density at radius 3 is 1.71 bits per heavy atom. The number of carboxylic acids is 2. The van der Waals surface area contributed by atoms with Crippen molar-refractivity contribution in [3.05, 3.63) is 36.0 Å². The molecule has 0 saturated carbocycles. The highest BCUT2D eigenvalue weighted by Gasteiger charge is 2.36. The molecule has 0 radical (unpaired) electrons. The summed E-state index contributed by atoms with van der Waals surface area (Å²) in [5.41, 5.74) is 1.40. The molecule has 2 rings (SSSR count). The summed E-state index contributed by atoms with van der Waals surface area (Å²) in [6.07, 6.45) is 1.69. The van der Waals surface area contributed by atoms with Crippen LogP contribution >= 0.6 is 0 Å². The predicted molar refractivity (Wildman–Crippen MR) is 203 cm³/mol. The highest BCUT2D eigenvalue weighted by Crippen LogP contribution is 2.20. The number of carbonyl (C=O) groups excluding carboxylic acids is 6. The molecule has 8 atom stereocenters. The van der Waals surface area contributed by atoms with Crippen molar-refractivity contribution in [1.82, 2.24) is 36.9 Å². The number of amides is 6. The average molecular weight is 772 g/mol. The lowest BCUT2D eigenvalue weighted by molar-refractivity contribution is -0.142. The molecule has 0 bridgehead atoms. The fraction of sp³-hybridized carbons (Fsp3) is 0.579. The van der Waals surface area contributed by atoms with Crippen molar-refractivity contribution in [2.75, 3.05) is 0 Å². The van der Waals surface area contributed by atoms with Gasteiger partial charge in [0, 0.05) is 36.9 Å². The first-order valence-electron chi connectivity index (χ1n) is 18.6. The smallest absolute Gasteiger partial charge is 0.325 e. The Morgan fingerprint density at radius 1 is 0.655 bits per heavy atom. The first kappa shape index (κ1) is 45.7. The van der Waals surface area contributed by atoms with Gasteiger partial charge in [-0.3, -0.25) is 38.4 Å². The first-order chi connectivity index (χ1) is 25.8. The molecule has 6 amide bonds. The lowest BCUT2D eigenvalue weighted by Gasteiger charge is -2.30. The number of para-hydroxylation sites is 1. The molecule has 0 aliphatic carbocycles. The van der Waals surface area contributed by atoms with Gasteiger partial charge in [-0.2, -0.15) is 0 Å². The third kappa shape index (κ3) is 13.7. The van der Waals surface area contributed by atoms with E-state index in [4.69, 9.17) is 0 Å². The Morgan fingerprint density at radius 2 is 1.16 bits per heavy atom. The summed E-state index contributed by atoms with van der Waals surface area (Å²) in [4.78, 5) is 106. The monoisotopic (exact) mass is 771 g/mol. The molecule has 0 spiro atoms. The fourth-order valence-corrected chi connectivity index (χ4v) is 5.82. The lowest BCUT2D eigenvalue weighted by Crippen LogP contribution is -2.61. The van der Waals surface area contributed by atoms with E-state index in [1.807, 2.05) is 32.0 Å². The van der Waals surface area contributed by atoms with Crippen LogP contribution in [0.1, 0.15) is 86.6 Å². The number of benzene rings is 1. The minimum Gasteiger partial charge on any atom is -0.481 e. The Balaban J connectivity index is 2.50. The zero-order chi connectivity index (χ0) is 41.6. The standard InChI is InChI=1S/C38H57N7O10/c1-9-20(5)31(41-23(8)46)37(53)45-32(21(6)10-2)36(52)43-28(17-24-18-39-26-14-12-11-13-25(24)26)34(50)42-27(15-16-29(47)48)33(49)44-30(19(3)4)35(51)40-22(7)38(54)55/h11-14,18-22,27-28,30-32,39H,9-10,15-17H2,1-8H3,(H,40,51)(H,41,46)(H,42,50)(H,43,52)(H,44,49)(H,45,53)(H,47,48)(H,54,55)/t20-,21-,22-,27-,28-,30-,31-,32-/m0/s1. The maximum Gasteiger partial charge on any atom is 0.325 e. The van der Waals surface area contributed by atoms with Crippen molar-refractivity contribution < 1.29 is 48.6 Å². The Bertz CT molecular complexity index is 1690. The molecule has 1 aromatic heterocycles. The van der Waals surface area contributed by atoms with Gasteiger partial charge >= 0.3 is 11.9 Å². The number of aromatic amines is 1. The van der Waals surface area contributed by atoms with E-state index in [0.717, 1.165) is 10.9 Å². The summed E-state index contributed by atoms with van der Waals surface area (Å²) >= 11 is 0. The van der Waals surface area contributed by atoms with Gasteiger partial charge in [-0.25, -0.2) is 0 Å². The highest BCUT2D eigenvalue weighted by atomic mass is 16.4. The molecule has 304 valence electrons. The topological polar surface area (TPSA) is 265 Å². The molecule has 2 aromatic rings. The summed E-state index contributed by atoms with van der Waals surface area (Å²) < 4.78 is 0. The molecule has 0 unspecified atom stereocenters. The molecule has 9 N–H and O–H groups in total. The molecular formula is C38H57N7O10. The van der Waals surface area contributed by atoms with Crippen LogP contribution in [0.2, 0.25) is 0 Å². The van der Waals surface area contributed by atoms with E-state index in [0.29, 0.717) is 18.4 Å². The van der Waals surface area contributed by atoms with Crippen molar-refractivity contribution in [2.45, 2.75) is 124 Å². The number of hydrogen-bond donors (Lipinski definition) is 9. The Labute approximate surface area is 320 Å². The van der Waals surface area contributed by atoms with Gasteiger partial charge in [-0.05, 0) is 42.7 Å². The van der Waals surface area contributed by atoms with Gasteiger partial charge in [0.25, 0.3) is 0 Å². The maximum atomic E-state index is 14.2. The van der Waals surface area contributed by atoms with Gasteiger partial charge in [0.1, 0.15) is 36.3 Å². The van der Waals surface area contributed by atoms with Crippen LogP contribution in [0, 0.1) is 17.8 Å². The summed E-state index contributed by atoms with van der Waals surface area (Å²) in [6, 6.07) is -0.139. The van der Waals surface area contributed by atoms with Gasteiger partial charge in [0.15, 0.2) is 0 Å². The second-order valence-electron chi connectivity index (χ2n) is 14.4. The predicted octanol–water partition coefficient (Wildman–Crippen LogP) is 1.36. The second-order valence-corrected chi connectivity index (χ2v) is 14.4. The van der Waals surface area contributed by atoms with E-state index in [-0.39, 0.29) is 18.8 Å². The summed E-state index contributed by atoms with van der Waals surface area (Å²) in [5, 5.41) is 35.0. The lowest BCUT2D eigenvalue weighted by atomic mass is 9.94. The number of carbonyl (C=O) groups is 8. The van der Waals surface area contributed by atoms with Crippen molar-refractivity contribution >= 4 is 58.3 Å². The number of aliphatic carboxylic acids is 2. The van der Waals surface area contributed by atoms with Crippen LogP contribution in [0.15, 0.2) is 30.5 Å². The summed E-state index contributed by atoms with van der Waals surface area (Å²) in [7, 11) is 0. The average Bonchev–Trinajstić information content (AvgIpc) is 3.54. The van der Waals surface area contributed by atoms with Gasteiger partial charge in [-0.15, -0.1) is 0 Å². The largest absolute Gasteiger partial charge is 0.481 e. The van der Waals surface area contributed by atoms with Crippen LogP contribution in [0.3, 0.4) is 0 Å². The van der Waals surface area contributed by atoms with Crippen LogP contribution in [-0.2, 0) is 44.8 Å². The van der Waals surface area contributed by atoms with Crippen LogP contribution in [0.5, 0.6) is 0 Å². The maximum absolute atomic E-state index is 14.2. The summed E-state index contributed by atoms with van der Waals surface area (Å²) in [6.45, 7) is 13.0. The van der Waals surface area contributed by atoms with Gasteiger partial charge in [0.2, 0.25) is 35.4 Å². The second kappa shape index (κ2) is 21.4. The molecule has 55 heavy (non-hydrogen) atoms. The van der Waals surface area contributed by atoms with E-state index in [1.165, 1.54) is 13.8 Å². The van der Waals surface area contributed by atoms with Crippen molar-refractivity contribution in [1.29, 1.82) is 0 Å². The SMILES string of the molecule is CC[C@H](C)[C@H](NC(C)=O)C(=O)N[C@H](C(=O)N[C@@H](Cc1c[nH]c2ccccc12)C(=O)N[C@@H](CCC(=O)O)C(=O)N[C@H](C(=O)N[C@@H](C)C(=O)O)C(C)C)[C@@H](C)CC. The number of H-pyrrole nitrogens is 1. The summed E-state index contributed by atoms with van der Waals surface area (Å²) in [5.74, 6) is -8.02. The minimum atomic E-state index is -1.49. The number of rotatable bonds is 22. The minimum absolute atomic E-state index is 0.0818. The van der Waals surface area contributed by atoms with E-state index >= 15 is 0 Å². The molecule has 1 heterocycles. The zero-order valence-electron chi connectivity index (χ0n) is 32.8. The van der Waals surface area contributed by atoms with Gasteiger partial charge < -0.3 is 47.1 Å². The molecule has 0 aliphatic rings. The molecule has 0 saturated heterocycles.